The van der Waals surface area contributed by atoms with Crippen molar-refractivity contribution in [2.45, 2.75) is 26.2 Å². The van der Waals surface area contributed by atoms with E-state index >= 15 is 0 Å². The van der Waals surface area contributed by atoms with Gasteiger partial charge in [-0.05, 0) is 62.3 Å². The average Bonchev–Trinajstić information content (AvgIpc) is 3.27. The van der Waals surface area contributed by atoms with Crippen molar-refractivity contribution in [3.05, 3.63) is 28.7 Å². The summed E-state index contributed by atoms with van der Waals surface area (Å²) in [6, 6.07) is 8.62. The van der Waals surface area contributed by atoms with Gasteiger partial charge in [0.15, 0.2) is 5.96 Å². The van der Waals surface area contributed by atoms with E-state index < -0.39 is 0 Å². The highest BCUT2D eigenvalue weighted by Gasteiger charge is 2.23. The number of aliphatic imine (C=N–C) groups is 1. The zero-order chi connectivity index (χ0) is 16.1. The first-order valence-electron chi connectivity index (χ1n) is 8.77. The largest absolute Gasteiger partial charge is 0.371 e. The van der Waals surface area contributed by atoms with Crippen molar-refractivity contribution in [2.75, 3.05) is 37.6 Å². The summed E-state index contributed by atoms with van der Waals surface area (Å²) in [5.74, 6) is 2.51. The van der Waals surface area contributed by atoms with Gasteiger partial charge in [0.2, 0.25) is 0 Å². The van der Waals surface area contributed by atoms with Crippen LogP contribution in [0.1, 0.15) is 26.2 Å². The van der Waals surface area contributed by atoms with Gasteiger partial charge in [0.25, 0.3) is 0 Å². The van der Waals surface area contributed by atoms with E-state index in [0.29, 0.717) is 5.92 Å². The molecule has 134 valence electrons. The van der Waals surface area contributed by atoms with Crippen molar-refractivity contribution in [1.29, 1.82) is 0 Å². The first-order valence-corrected chi connectivity index (χ1v) is 9.56. The van der Waals surface area contributed by atoms with Gasteiger partial charge in [-0.25, -0.2) is 0 Å². The predicted octanol–water partition coefficient (Wildman–Crippen LogP) is 3.86. The third kappa shape index (κ3) is 6.10. The Morgan fingerprint density at radius 3 is 2.58 bits per heavy atom. The van der Waals surface area contributed by atoms with Crippen LogP contribution in [0.15, 0.2) is 33.7 Å². The van der Waals surface area contributed by atoms with Gasteiger partial charge in [0, 0.05) is 42.9 Å². The Balaban J connectivity index is 0.00000208. The maximum absolute atomic E-state index is 4.80. The van der Waals surface area contributed by atoms with Crippen molar-refractivity contribution in [3.8, 4) is 0 Å². The third-order valence-electron chi connectivity index (χ3n) is 4.58. The molecular weight excluding hydrogens is 479 g/mol. The highest BCUT2D eigenvalue weighted by Crippen LogP contribution is 2.27. The van der Waals surface area contributed by atoms with Crippen LogP contribution in [0.4, 0.5) is 5.69 Å². The molecule has 1 aromatic carbocycles. The maximum Gasteiger partial charge on any atom is 0.191 e. The highest BCUT2D eigenvalue weighted by atomic mass is 127. The van der Waals surface area contributed by atoms with Crippen molar-refractivity contribution >= 4 is 51.6 Å². The number of benzene rings is 1. The summed E-state index contributed by atoms with van der Waals surface area (Å²) in [4.78, 5) is 7.27. The fraction of sp³-hybridized carbons (Fsp3) is 0.611. The molecule has 0 bridgehead atoms. The maximum atomic E-state index is 4.80. The van der Waals surface area contributed by atoms with E-state index in [2.05, 4.69) is 62.7 Å². The second-order valence-corrected chi connectivity index (χ2v) is 7.54. The van der Waals surface area contributed by atoms with E-state index in [-0.39, 0.29) is 24.0 Å². The molecule has 2 fully saturated rings. The molecule has 1 saturated heterocycles. The zero-order valence-electron chi connectivity index (χ0n) is 14.3. The van der Waals surface area contributed by atoms with E-state index in [1.54, 1.807) is 0 Å². The standard InChI is InChI=1S/C18H27BrN4.HI/c1-2-20-18(21-11-14-3-4-14)22-12-15-9-10-23(13-15)17-7-5-16(19)6-8-17;/h5-8,14-15H,2-4,9-13H2,1H3,(H2,20,21,22);1H. The minimum absolute atomic E-state index is 0. The van der Waals surface area contributed by atoms with Crippen LogP contribution >= 0.6 is 39.9 Å². The molecule has 1 saturated carbocycles. The lowest BCUT2D eigenvalue weighted by atomic mass is 10.1. The Morgan fingerprint density at radius 2 is 1.92 bits per heavy atom. The fourth-order valence-corrected chi connectivity index (χ4v) is 3.26. The summed E-state index contributed by atoms with van der Waals surface area (Å²) in [6.45, 7) is 7.26. The van der Waals surface area contributed by atoms with E-state index in [9.17, 15) is 0 Å². The van der Waals surface area contributed by atoms with Gasteiger partial charge in [-0.2, -0.15) is 0 Å². The molecule has 0 amide bonds. The topological polar surface area (TPSA) is 39.7 Å². The summed E-state index contributed by atoms with van der Waals surface area (Å²) in [5.41, 5.74) is 1.32. The Bertz CT molecular complexity index is 530. The average molecular weight is 507 g/mol. The van der Waals surface area contributed by atoms with Crippen LogP contribution in [0, 0.1) is 11.8 Å². The monoisotopic (exact) mass is 506 g/mol. The number of hydrogen-bond acceptors (Lipinski definition) is 2. The summed E-state index contributed by atoms with van der Waals surface area (Å²) in [7, 11) is 0. The van der Waals surface area contributed by atoms with Crippen molar-refractivity contribution in [1.82, 2.24) is 10.6 Å². The van der Waals surface area contributed by atoms with Crippen LogP contribution in [-0.4, -0.2) is 38.7 Å². The molecule has 1 atom stereocenters. The first kappa shape index (κ1) is 19.8. The molecule has 1 aliphatic carbocycles. The third-order valence-corrected chi connectivity index (χ3v) is 5.11. The van der Waals surface area contributed by atoms with Gasteiger partial charge in [0.05, 0.1) is 0 Å². The quantitative estimate of drug-likeness (QED) is 0.349. The number of guanidine groups is 1. The Kier molecular flexibility index (Phi) is 8.13. The lowest BCUT2D eigenvalue weighted by molar-refractivity contribution is 0.598. The number of anilines is 1. The number of nitrogens with one attached hydrogen (secondary N) is 2. The van der Waals surface area contributed by atoms with E-state index in [1.807, 2.05) is 0 Å². The van der Waals surface area contributed by atoms with Crippen LogP contribution in [-0.2, 0) is 0 Å². The molecule has 0 aromatic heterocycles. The molecule has 3 rings (SSSR count). The number of hydrogen-bond donors (Lipinski definition) is 2. The molecule has 1 aromatic rings. The van der Waals surface area contributed by atoms with Crippen molar-refractivity contribution in [3.63, 3.8) is 0 Å². The van der Waals surface area contributed by atoms with Gasteiger partial charge in [-0.15, -0.1) is 24.0 Å². The molecule has 0 radical (unpaired) electrons. The summed E-state index contributed by atoms with van der Waals surface area (Å²) in [6.07, 6.45) is 3.97. The van der Waals surface area contributed by atoms with Gasteiger partial charge in [-0.3, -0.25) is 4.99 Å². The second-order valence-electron chi connectivity index (χ2n) is 6.62. The molecule has 4 nitrogen and oxygen atoms in total. The summed E-state index contributed by atoms with van der Waals surface area (Å²) in [5, 5.41) is 6.83. The van der Waals surface area contributed by atoms with Crippen LogP contribution in [0.5, 0.6) is 0 Å². The van der Waals surface area contributed by atoms with E-state index in [0.717, 1.165) is 49.1 Å². The Hall–Kier alpha value is -0.500. The van der Waals surface area contributed by atoms with Crippen LogP contribution in [0.25, 0.3) is 0 Å². The molecule has 0 spiro atoms. The molecule has 2 N–H and O–H groups in total. The molecule has 1 heterocycles. The van der Waals surface area contributed by atoms with E-state index in [1.165, 1.54) is 24.9 Å². The van der Waals surface area contributed by atoms with Crippen LogP contribution in [0.3, 0.4) is 0 Å². The van der Waals surface area contributed by atoms with Gasteiger partial charge in [-0.1, -0.05) is 15.9 Å². The fourth-order valence-electron chi connectivity index (χ4n) is 2.99. The Morgan fingerprint density at radius 1 is 1.17 bits per heavy atom. The van der Waals surface area contributed by atoms with Gasteiger partial charge in [0.1, 0.15) is 0 Å². The predicted molar refractivity (Wildman–Crippen MR) is 117 cm³/mol. The number of rotatable bonds is 6. The number of nitrogens with zero attached hydrogens (tertiary/aromatic N) is 2. The second kappa shape index (κ2) is 9.85. The zero-order valence-corrected chi connectivity index (χ0v) is 18.2. The van der Waals surface area contributed by atoms with Crippen LogP contribution in [0.2, 0.25) is 0 Å². The number of halogens is 2. The van der Waals surface area contributed by atoms with Gasteiger partial charge < -0.3 is 15.5 Å². The first-order chi connectivity index (χ1) is 11.2. The summed E-state index contributed by atoms with van der Waals surface area (Å²) < 4.78 is 1.14. The molecule has 1 aliphatic heterocycles. The Labute approximate surface area is 171 Å². The van der Waals surface area contributed by atoms with Crippen molar-refractivity contribution in [2.24, 2.45) is 16.8 Å². The summed E-state index contributed by atoms with van der Waals surface area (Å²) >= 11 is 3.50. The van der Waals surface area contributed by atoms with Crippen LogP contribution < -0.4 is 15.5 Å². The molecule has 6 heteroatoms. The molecule has 1 unspecified atom stereocenters. The normalized spacial score (nSPS) is 20.7. The molecule has 2 aliphatic rings. The minimum atomic E-state index is 0. The SMILES string of the molecule is CCNC(=NCC1CCN(c2ccc(Br)cc2)C1)NCC1CC1.I. The smallest absolute Gasteiger partial charge is 0.191 e. The van der Waals surface area contributed by atoms with Crippen molar-refractivity contribution < 1.29 is 0 Å². The van der Waals surface area contributed by atoms with Gasteiger partial charge >= 0.3 is 0 Å². The lowest BCUT2D eigenvalue weighted by Crippen LogP contribution is -2.38. The van der Waals surface area contributed by atoms with E-state index in [4.69, 9.17) is 4.99 Å². The molecule has 24 heavy (non-hydrogen) atoms. The minimum Gasteiger partial charge on any atom is -0.371 e. The lowest BCUT2D eigenvalue weighted by Gasteiger charge is -2.18. The highest BCUT2D eigenvalue weighted by molar-refractivity contribution is 14.0. The molecular formula is C18H28BrIN4.